The first kappa shape index (κ1) is 16.0. The number of nitrogens with one attached hydrogen (secondary N) is 1. The van der Waals surface area contributed by atoms with Crippen LogP contribution in [-0.4, -0.2) is 43.3 Å². The lowest BCUT2D eigenvalue weighted by atomic mass is 10.2. The molecule has 0 aliphatic rings. The van der Waals surface area contributed by atoms with Gasteiger partial charge in [0, 0.05) is 25.6 Å². The van der Waals surface area contributed by atoms with Gasteiger partial charge in [-0.2, -0.15) is 4.98 Å². The maximum atomic E-state index is 5.26. The molecule has 2 aromatic heterocycles. The van der Waals surface area contributed by atoms with E-state index >= 15 is 0 Å². The zero-order chi connectivity index (χ0) is 15.4. The number of aryl methyl sites for hydroxylation is 1. The van der Waals surface area contributed by atoms with E-state index < -0.39 is 0 Å². The quantitative estimate of drug-likeness (QED) is 0.850. The molecule has 116 valence electrons. The molecule has 0 radical (unpaired) electrons. The third-order valence-corrected chi connectivity index (χ3v) is 4.38. The Labute approximate surface area is 130 Å². The fourth-order valence-electron chi connectivity index (χ4n) is 2.17. The van der Waals surface area contributed by atoms with E-state index in [1.165, 1.54) is 4.88 Å². The van der Waals surface area contributed by atoms with Crippen LogP contribution in [0.4, 0.5) is 11.8 Å². The summed E-state index contributed by atoms with van der Waals surface area (Å²) in [5.41, 5.74) is 0. The van der Waals surface area contributed by atoms with Crippen LogP contribution >= 0.6 is 11.3 Å². The molecule has 5 nitrogen and oxygen atoms in total. The van der Waals surface area contributed by atoms with Crippen molar-refractivity contribution in [1.29, 1.82) is 0 Å². The summed E-state index contributed by atoms with van der Waals surface area (Å²) in [4.78, 5) is 13.8. The van der Waals surface area contributed by atoms with Crippen LogP contribution in [-0.2, 0) is 4.74 Å². The van der Waals surface area contributed by atoms with Crippen molar-refractivity contribution in [3.63, 3.8) is 0 Å². The number of likely N-dealkylation sites (N-methyl/N-ethyl adjacent to an activating group) is 1. The summed E-state index contributed by atoms with van der Waals surface area (Å²) in [5.74, 6) is 1.67. The summed E-state index contributed by atoms with van der Waals surface area (Å²) in [6, 6.07) is 2.42. The molecule has 0 fully saturated rings. The number of nitrogens with zero attached hydrogens (tertiary/aromatic N) is 3. The minimum Gasteiger partial charge on any atom is -0.383 e. The Morgan fingerprint density at radius 1 is 1.43 bits per heavy atom. The Bertz CT molecular complexity index is 599. The van der Waals surface area contributed by atoms with Gasteiger partial charge in [0.05, 0.1) is 18.0 Å². The summed E-state index contributed by atoms with van der Waals surface area (Å²) in [6.45, 7) is 7.92. The van der Waals surface area contributed by atoms with E-state index in [1.807, 2.05) is 0 Å². The molecule has 0 amide bonds. The molecule has 0 saturated carbocycles. The van der Waals surface area contributed by atoms with Crippen molar-refractivity contribution in [1.82, 2.24) is 9.97 Å². The number of aromatic nitrogens is 2. The Hall–Kier alpha value is -1.40. The van der Waals surface area contributed by atoms with E-state index in [9.17, 15) is 0 Å². The smallest absolute Gasteiger partial charge is 0.226 e. The van der Waals surface area contributed by atoms with E-state index in [-0.39, 0.29) is 6.04 Å². The van der Waals surface area contributed by atoms with Gasteiger partial charge in [0.15, 0.2) is 0 Å². The average molecular weight is 308 g/mol. The number of hydrogen-bond donors (Lipinski definition) is 1. The second-order valence-electron chi connectivity index (χ2n) is 5.29. The summed E-state index contributed by atoms with van der Waals surface area (Å²) in [6.07, 6.45) is 1.05. The minimum atomic E-state index is 0.257. The molecule has 0 bridgehead atoms. The standard InChI is InChI=1S/C15H24N4OS/c1-6-7-16-15-17-13(19(4)10(2)9-20-5)12-8-11(3)21-14(12)18-15/h8,10H,6-7,9H2,1-5H3,(H,16,17,18). The molecule has 1 unspecified atom stereocenters. The normalized spacial score (nSPS) is 12.6. The monoisotopic (exact) mass is 308 g/mol. The van der Waals surface area contributed by atoms with E-state index in [4.69, 9.17) is 9.72 Å². The molecule has 2 rings (SSSR count). The van der Waals surface area contributed by atoms with Crippen LogP contribution < -0.4 is 10.2 Å². The molecule has 0 spiro atoms. The van der Waals surface area contributed by atoms with Crippen LogP contribution in [0.3, 0.4) is 0 Å². The van der Waals surface area contributed by atoms with Crippen LogP contribution in [0.5, 0.6) is 0 Å². The fraction of sp³-hybridized carbons (Fsp3) is 0.600. The molecule has 0 aliphatic heterocycles. The number of rotatable bonds is 7. The number of thiophene rings is 1. The van der Waals surface area contributed by atoms with Gasteiger partial charge in [-0.3, -0.25) is 0 Å². The lowest BCUT2D eigenvalue weighted by Gasteiger charge is -2.26. The molecule has 6 heteroatoms. The van der Waals surface area contributed by atoms with Crippen LogP contribution in [0.15, 0.2) is 6.07 Å². The van der Waals surface area contributed by atoms with Crippen molar-refractivity contribution in [2.45, 2.75) is 33.2 Å². The second-order valence-corrected chi connectivity index (χ2v) is 6.52. The van der Waals surface area contributed by atoms with Gasteiger partial charge in [0.25, 0.3) is 0 Å². The number of ether oxygens (including phenoxy) is 1. The van der Waals surface area contributed by atoms with Gasteiger partial charge in [0.1, 0.15) is 10.6 Å². The van der Waals surface area contributed by atoms with Gasteiger partial charge in [-0.05, 0) is 26.3 Å². The van der Waals surface area contributed by atoms with Gasteiger partial charge in [-0.25, -0.2) is 4.98 Å². The summed E-state index contributed by atoms with van der Waals surface area (Å²) < 4.78 is 5.26. The molecule has 21 heavy (non-hydrogen) atoms. The van der Waals surface area contributed by atoms with Crippen molar-refractivity contribution in [3.8, 4) is 0 Å². The Morgan fingerprint density at radius 3 is 2.86 bits per heavy atom. The first-order valence-corrected chi connectivity index (χ1v) is 8.12. The van der Waals surface area contributed by atoms with Crippen LogP contribution in [0, 0.1) is 6.92 Å². The highest BCUT2D eigenvalue weighted by molar-refractivity contribution is 7.18. The SMILES string of the molecule is CCCNc1nc(N(C)C(C)COC)c2cc(C)sc2n1. The maximum absolute atomic E-state index is 5.26. The lowest BCUT2D eigenvalue weighted by Crippen LogP contribution is -2.33. The molecule has 1 atom stereocenters. The highest BCUT2D eigenvalue weighted by Crippen LogP contribution is 2.32. The highest BCUT2D eigenvalue weighted by Gasteiger charge is 2.17. The molecule has 0 aromatic carbocycles. The summed E-state index contributed by atoms with van der Waals surface area (Å²) in [7, 11) is 3.78. The molecule has 0 aliphatic carbocycles. The third-order valence-electron chi connectivity index (χ3n) is 3.43. The minimum absolute atomic E-state index is 0.257. The molecule has 1 N–H and O–H groups in total. The number of methoxy groups -OCH3 is 1. The first-order valence-electron chi connectivity index (χ1n) is 7.30. The third kappa shape index (κ3) is 3.63. The Balaban J connectivity index is 2.43. The number of anilines is 2. The second kappa shape index (κ2) is 7.04. The predicted molar refractivity (Wildman–Crippen MR) is 90.7 cm³/mol. The van der Waals surface area contributed by atoms with Gasteiger partial charge < -0.3 is 15.0 Å². The molecular formula is C15H24N4OS. The number of fused-ring (bicyclic) bond motifs is 1. The van der Waals surface area contributed by atoms with Gasteiger partial charge in [-0.15, -0.1) is 11.3 Å². The topological polar surface area (TPSA) is 50.3 Å². The Kier molecular flexibility index (Phi) is 5.36. The molecule has 0 saturated heterocycles. The molecular weight excluding hydrogens is 284 g/mol. The lowest BCUT2D eigenvalue weighted by molar-refractivity contribution is 0.183. The predicted octanol–water partition coefficient (Wildman–Crippen LogP) is 3.29. The van der Waals surface area contributed by atoms with E-state index in [1.54, 1.807) is 18.4 Å². The average Bonchev–Trinajstić information content (AvgIpc) is 2.83. The van der Waals surface area contributed by atoms with Crippen LogP contribution in [0.2, 0.25) is 0 Å². The van der Waals surface area contributed by atoms with Crippen LogP contribution in [0.1, 0.15) is 25.1 Å². The maximum Gasteiger partial charge on any atom is 0.226 e. The van der Waals surface area contributed by atoms with Crippen molar-refractivity contribution in [2.75, 3.05) is 37.5 Å². The Morgan fingerprint density at radius 2 is 2.19 bits per heavy atom. The van der Waals surface area contributed by atoms with Crippen molar-refractivity contribution < 1.29 is 4.74 Å². The van der Waals surface area contributed by atoms with Gasteiger partial charge in [-0.1, -0.05) is 6.92 Å². The molecule has 2 heterocycles. The fourth-order valence-corrected chi connectivity index (χ4v) is 3.05. The zero-order valence-corrected chi connectivity index (χ0v) is 14.3. The highest BCUT2D eigenvalue weighted by atomic mass is 32.1. The van der Waals surface area contributed by atoms with Crippen LogP contribution in [0.25, 0.3) is 10.2 Å². The van der Waals surface area contributed by atoms with E-state index in [2.05, 4.69) is 49.1 Å². The van der Waals surface area contributed by atoms with Crippen molar-refractivity contribution in [3.05, 3.63) is 10.9 Å². The summed E-state index contributed by atoms with van der Waals surface area (Å²) in [5, 5.41) is 4.40. The largest absolute Gasteiger partial charge is 0.383 e. The molecule has 2 aromatic rings. The van der Waals surface area contributed by atoms with E-state index in [0.717, 1.165) is 29.0 Å². The van der Waals surface area contributed by atoms with E-state index in [0.29, 0.717) is 12.6 Å². The van der Waals surface area contributed by atoms with Crippen molar-refractivity contribution in [2.24, 2.45) is 0 Å². The van der Waals surface area contributed by atoms with Gasteiger partial charge in [0.2, 0.25) is 5.95 Å². The van der Waals surface area contributed by atoms with Crippen molar-refractivity contribution >= 4 is 33.3 Å². The summed E-state index contributed by atoms with van der Waals surface area (Å²) >= 11 is 1.71. The van der Waals surface area contributed by atoms with Gasteiger partial charge >= 0.3 is 0 Å². The zero-order valence-electron chi connectivity index (χ0n) is 13.4. The first-order chi connectivity index (χ1) is 10.1. The number of hydrogen-bond acceptors (Lipinski definition) is 6.